The van der Waals surface area contributed by atoms with Crippen LogP contribution >= 0.6 is 0 Å². The highest BCUT2D eigenvalue weighted by Crippen LogP contribution is 2.25. The van der Waals surface area contributed by atoms with E-state index < -0.39 is 5.60 Å². The fourth-order valence-corrected chi connectivity index (χ4v) is 3.09. The summed E-state index contributed by atoms with van der Waals surface area (Å²) in [4.78, 5) is 4.76. The lowest BCUT2D eigenvalue weighted by Gasteiger charge is -2.37. The minimum atomic E-state index is -0.916. The number of aliphatic hydroxyl groups is 1. The van der Waals surface area contributed by atoms with Crippen LogP contribution in [0.25, 0.3) is 0 Å². The third kappa shape index (κ3) is 4.27. The maximum atomic E-state index is 10.8. The third-order valence-corrected chi connectivity index (χ3v) is 4.84. The van der Waals surface area contributed by atoms with Crippen LogP contribution in [0.1, 0.15) is 24.8 Å². The molecule has 2 rings (SSSR count). The number of hydrogen-bond acceptors (Lipinski definition) is 4. The van der Waals surface area contributed by atoms with Crippen LogP contribution in [0.15, 0.2) is 30.3 Å². The average molecular weight is 291 g/mol. The van der Waals surface area contributed by atoms with Crippen molar-refractivity contribution in [3.05, 3.63) is 35.9 Å². The summed E-state index contributed by atoms with van der Waals surface area (Å²) < 4.78 is 0. The van der Waals surface area contributed by atoms with E-state index in [4.69, 9.17) is 5.73 Å². The van der Waals surface area contributed by atoms with Gasteiger partial charge < -0.3 is 20.6 Å². The Bertz CT molecular complexity index is 417. The van der Waals surface area contributed by atoms with E-state index in [2.05, 4.69) is 23.9 Å². The van der Waals surface area contributed by atoms with Gasteiger partial charge in [0.25, 0.3) is 0 Å². The summed E-state index contributed by atoms with van der Waals surface area (Å²) >= 11 is 0. The second-order valence-electron chi connectivity index (χ2n) is 6.37. The number of rotatable bonds is 6. The van der Waals surface area contributed by atoms with E-state index in [9.17, 15) is 5.11 Å². The van der Waals surface area contributed by atoms with Gasteiger partial charge in [0, 0.05) is 19.1 Å². The smallest absolute Gasteiger partial charge is 0.103 e. The van der Waals surface area contributed by atoms with Crippen molar-refractivity contribution in [3.63, 3.8) is 0 Å². The van der Waals surface area contributed by atoms with Crippen molar-refractivity contribution in [1.82, 2.24) is 9.80 Å². The van der Waals surface area contributed by atoms with Crippen molar-refractivity contribution < 1.29 is 5.11 Å². The van der Waals surface area contributed by atoms with E-state index in [1.165, 1.54) is 12.8 Å². The van der Waals surface area contributed by atoms with Crippen LogP contribution in [0.3, 0.4) is 0 Å². The van der Waals surface area contributed by atoms with Crippen molar-refractivity contribution in [1.29, 1.82) is 0 Å². The molecule has 0 radical (unpaired) electrons. The molecule has 1 atom stereocenters. The standard InChI is InChI=1S/C17H29N3O/c1-19-11-8-16(9-12-19)20(2)13-10-17(21,14-18)15-6-4-3-5-7-15/h3-7,16,21H,8-14,18H2,1-2H3. The van der Waals surface area contributed by atoms with Gasteiger partial charge in [0.15, 0.2) is 0 Å². The van der Waals surface area contributed by atoms with Crippen LogP contribution in [0.2, 0.25) is 0 Å². The molecule has 1 heterocycles. The Kier molecular flexibility index (Phi) is 5.76. The van der Waals surface area contributed by atoms with Gasteiger partial charge in [-0.05, 0) is 52.0 Å². The van der Waals surface area contributed by atoms with Crippen LogP contribution in [0.5, 0.6) is 0 Å². The van der Waals surface area contributed by atoms with Crippen molar-refractivity contribution in [2.24, 2.45) is 5.73 Å². The molecule has 0 spiro atoms. The first kappa shape index (κ1) is 16.4. The third-order valence-electron chi connectivity index (χ3n) is 4.84. The van der Waals surface area contributed by atoms with Gasteiger partial charge in [0.05, 0.1) is 0 Å². The quantitative estimate of drug-likeness (QED) is 0.828. The number of hydrogen-bond donors (Lipinski definition) is 2. The van der Waals surface area contributed by atoms with E-state index >= 15 is 0 Å². The van der Waals surface area contributed by atoms with E-state index in [1.54, 1.807) is 0 Å². The predicted molar refractivity (Wildman–Crippen MR) is 87.2 cm³/mol. The molecule has 4 heteroatoms. The van der Waals surface area contributed by atoms with Gasteiger partial charge >= 0.3 is 0 Å². The number of piperidine rings is 1. The van der Waals surface area contributed by atoms with E-state index in [0.717, 1.165) is 25.2 Å². The van der Waals surface area contributed by atoms with Gasteiger partial charge in [-0.1, -0.05) is 30.3 Å². The minimum Gasteiger partial charge on any atom is -0.384 e. The summed E-state index contributed by atoms with van der Waals surface area (Å²) in [6, 6.07) is 10.4. The molecule has 0 bridgehead atoms. The molecular formula is C17H29N3O. The maximum absolute atomic E-state index is 10.8. The number of nitrogens with zero attached hydrogens (tertiary/aromatic N) is 2. The summed E-state index contributed by atoms with van der Waals surface area (Å²) in [7, 11) is 4.34. The monoisotopic (exact) mass is 291 g/mol. The van der Waals surface area contributed by atoms with E-state index in [-0.39, 0.29) is 6.54 Å². The molecule has 0 aliphatic carbocycles. The van der Waals surface area contributed by atoms with Gasteiger partial charge in [-0.3, -0.25) is 0 Å². The highest BCUT2D eigenvalue weighted by Gasteiger charge is 2.29. The number of nitrogens with two attached hydrogens (primary N) is 1. The molecule has 118 valence electrons. The first-order valence-corrected chi connectivity index (χ1v) is 7.92. The van der Waals surface area contributed by atoms with Crippen LogP contribution in [0, 0.1) is 0 Å². The van der Waals surface area contributed by atoms with Gasteiger partial charge in [-0.25, -0.2) is 0 Å². The summed E-state index contributed by atoms with van der Waals surface area (Å²) in [5.41, 5.74) is 5.85. The lowest BCUT2D eigenvalue weighted by molar-refractivity contribution is 0.0206. The first-order chi connectivity index (χ1) is 10.0. The summed E-state index contributed by atoms with van der Waals surface area (Å²) in [5.74, 6) is 0. The summed E-state index contributed by atoms with van der Waals surface area (Å²) in [6.07, 6.45) is 3.09. The molecule has 4 nitrogen and oxygen atoms in total. The Labute approximate surface area is 128 Å². The van der Waals surface area contributed by atoms with Gasteiger partial charge in [0.1, 0.15) is 5.60 Å². The summed E-state index contributed by atoms with van der Waals surface area (Å²) in [5, 5.41) is 10.8. The molecule has 1 aliphatic heterocycles. The molecule has 1 aromatic carbocycles. The zero-order chi connectivity index (χ0) is 15.3. The Balaban J connectivity index is 1.91. The Morgan fingerprint density at radius 2 is 1.90 bits per heavy atom. The van der Waals surface area contributed by atoms with Crippen molar-refractivity contribution in [2.75, 3.05) is 40.3 Å². The normalized spacial score (nSPS) is 20.6. The minimum absolute atomic E-state index is 0.262. The highest BCUT2D eigenvalue weighted by atomic mass is 16.3. The van der Waals surface area contributed by atoms with Crippen LogP contribution < -0.4 is 5.73 Å². The summed E-state index contributed by atoms with van der Waals surface area (Å²) in [6.45, 7) is 3.46. The zero-order valence-electron chi connectivity index (χ0n) is 13.3. The molecule has 1 aliphatic rings. The van der Waals surface area contributed by atoms with Gasteiger partial charge in [-0.15, -0.1) is 0 Å². The maximum Gasteiger partial charge on any atom is 0.103 e. The van der Waals surface area contributed by atoms with Gasteiger partial charge in [-0.2, -0.15) is 0 Å². The predicted octanol–water partition coefficient (Wildman–Crippen LogP) is 1.25. The Morgan fingerprint density at radius 1 is 1.29 bits per heavy atom. The van der Waals surface area contributed by atoms with Crippen molar-refractivity contribution >= 4 is 0 Å². The second kappa shape index (κ2) is 7.36. The van der Waals surface area contributed by atoms with Crippen molar-refractivity contribution in [2.45, 2.75) is 30.9 Å². The van der Waals surface area contributed by atoms with Crippen molar-refractivity contribution in [3.8, 4) is 0 Å². The van der Waals surface area contributed by atoms with Crippen LogP contribution in [0.4, 0.5) is 0 Å². The molecule has 3 N–H and O–H groups in total. The topological polar surface area (TPSA) is 52.7 Å². The lowest BCUT2D eigenvalue weighted by Crippen LogP contribution is -2.44. The number of likely N-dealkylation sites (tertiary alicyclic amines) is 1. The zero-order valence-corrected chi connectivity index (χ0v) is 13.3. The molecule has 1 unspecified atom stereocenters. The first-order valence-electron chi connectivity index (χ1n) is 7.92. The van der Waals surface area contributed by atoms with E-state index in [0.29, 0.717) is 12.5 Å². The fraction of sp³-hybridized carbons (Fsp3) is 0.647. The molecule has 0 amide bonds. The Morgan fingerprint density at radius 3 is 2.48 bits per heavy atom. The fourth-order valence-electron chi connectivity index (χ4n) is 3.09. The number of benzene rings is 1. The van der Waals surface area contributed by atoms with Crippen LogP contribution in [-0.2, 0) is 5.60 Å². The molecule has 1 aromatic rings. The molecule has 1 fully saturated rings. The molecule has 0 saturated carbocycles. The van der Waals surface area contributed by atoms with Gasteiger partial charge in [0.2, 0.25) is 0 Å². The molecule has 0 aromatic heterocycles. The average Bonchev–Trinajstić information content (AvgIpc) is 2.54. The largest absolute Gasteiger partial charge is 0.384 e. The van der Waals surface area contributed by atoms with E-state index in [1.807, 2.05) is 30.3 Å². The SMILES string of the molecule is CN1CCC(N(C)CCC(O)(CN)c2ccccc2)CC1. The Hall–Kier alpha value is -0.940. The molecule has 1 saturated heterocycles. The molecule has 21 heavy (non-hydrogen) atoms. The lowest BCUT2D eigenvalue weighted by atomic mass is 9.90. The molecular weight excluding hydrogens is 262 g/mol. The highest BCUT2D eigenvalue weighted by molar-refractivity contribution is 5.22. The van der Waals surface area contributed by atoms with Crippen LogP contribution in [-0.4, -0.2) is 61.2 Å². The second-order valence-corrected chi connectivity index (χ2v) is 6.37.